The summed E-state index contributed by atoms with van der Waals surface area (Å²) >= 11 is 0.978. The Labute approximate surface area is 265 Å². The van der Waals surface area contributed by atoms with Gasteiger partial charge in [0.25, 0.3) is 10.0 Å². The summed E-state index contributed by atoms with van der Waals surface area (Å²) in [6.45, 7) is 1.04. The Balaban J connectivity index is 1.34. The van der Waals surface area contributed by atoms with Gasteiger partial charge in [-0.1, -0.05) is 18.2 Å². The maximum Gasteiger partial charge on any atom is 0.266 e. The zero-order chi connectivity index (χ0) is 31.6. The van der Waals surface area contributed by atoms with Gasteiger partial charge in [-0.2, -0.15) is 9.64 Å². The number of sulfonamides is 1. The van der Waals surface area contributed by atoms with Gasteiger partial charge in [0, 0.05) is 65.8 Å². The molecule has 1 saturated heterocycles. The van der Waals surface area contributed by atoms with Crippen LogP contribution in [-0.4, -0.2) is 50.0 Å². The molecule has 0 amide bonds. The summed E-state index contributed by atoms with van der Waals surface area (Å²) in [7, 11) is -1.05. The molecule has 0 saturated carbocycles. The lowest BCUT2D eigenvalue weighted by Gasteiger charge is -2.44. The third kappa shape index (κ3) is 6.18. The average Bonchev–Trinajstić information content (AvgIpc) is 3.61. The molecule has 3 atom stereocenters. The van der Waals surface area contributed by atoms with Crippen molar-refractivity contribution in [2.24, 2.45) is 5.92 Å². The molecule has 3 heterocycles. The first kappa shape index (κ1) is 30.8. The third-order valence-electron chi connectivity index (χ3n) is 8.43. The van der Waals surface area contributed by atoms with Gasteiger partial charge in [0.15, 0.2) is 0 Å². The van der Waals surface area contributed by atoms with E-state index in [0.717, 1.165) is 29.1 Å². The molecule has 1 unspecified atom stereocenters. The number of aromatic nitrogens is 2. The number of likely N-dealkylation sites (tertiary alicyclic amines) is 1. The van der Waals surface area contributed by atoms with Crippen LogP contribution in [0.3, 0.4) is 0 Å². The number of hydrogen-bond donors (Lipinski definition) is 0. The Morgan fingerprint density at radius 3 is 2.62 bits per heavy atom. The molecule has 6 rings (SSSR count). The van der Waals surface area contributed by atoms with Gasteiger partial charge in [-0.05, 0) is 48.7 Å². The smallest absolute Gasteiger partial charge is 0.266 e. The largest absolute Gasteiger partial charge is 0.497 e. The molecule has 2 aliphatic heterocycles. The fourth-order valence-electron chi connectivity index (χ4n) is 6.14. The molecule has 0 spiro atoms. The number of halogens is 1. The summed E-state index contributed by atoms with van der Waals surface area (Å²) in [5.41, 5.74) is 2.45. The molecule has 3 aromatic carbocycles. The summed E-state index contributed by atoms with van der Waals surface area (Å²) < 4.78 is 64.4. The Hall–Kier alpha value is -4.25. The molecule has 2 aliphatic rings. The first-order valence-corrected chi connectivity index (χ1v) is 16.7. The number of fused-ring (bicyclic) bond motifs is 1. The predicted molar refractivity (Wildman–Crippen MR) is 166 cm³/mol. The van der Waals surface area contributed by atoms with Crippen molar-refractivity contribution in [2.45, 2.75) is 42.8 Å². The molecule has 234 valence electrons. The number of methoxy groups -OCH3 is 2. The van der Waals surface area contributed by atoms with Crippen LogP contribution >= 0.6 is 11.5 Å². The zero-order valence-corrected chi connectivity index (χ0v) is 26.4. The minimum Gasteiger partial charge on any atom is -0.497 e. The van der Waals surface area contributed by atoms with Gasteiger partial charge in [-0.25, -0.2) is 22.1 Å². The molecule has 0 N–H and O–H groups in total. The van der Waals surface area contributed by atoms with Crippen LogP contribution in [0.1, 0.15) is 48.0 Å². The fourth-order valence-corrected chi connectivity index (χ4v) is 8.28. The van der Waals surface area contributed by atoms with E-state index in [0.29, 0.717) is 48.8 Å². The Bertz CT molecular complexity index is 1800. The van der Waals surface area contributed by atoms with E-state index in [1.807, 2.05) is 6.07 Å². The van der Waals surface area contributed by atoms with E-state index in [2.05, 4.69) is 20.3 Å². The summed E-state index contributed by atoms with van der Waals surface area (Å²) in [5.74, 6) is 1.15. The molecule has 0 radical (unpaired) electrons. The lowest BCUT2D eigenvalue weighted by atomic mass is 9.85. The molecular formula is C32H32FN5O5S2. The highest BCUT2D eigenvalue weighted by Gasteiger charge is 2.38. The van der Waals surface area contributed by atoms with E-state index < -0.39 is 10.0 Å². The number of ether oxygens (including phenoxy) is 3. The summed E-state index contributed by atoms with van der Waals surface area (Å²) in [4.78, 5) is 6.62. The lowest BCUT2D eigenvalue weighted by molar-refractivity contribution is 0.0550. The summed E-state index contributed by atoms with van der Waals surface area (Å²) in [6.07, 6.45) is 3.37. The second kappa shape index (κ2) is 13.0. The van der Waals surface area contributed by atoms with Gasteiger partial charge in [-0.3, -0.25) is 4.90 Å². The SMILES string of the molecule is COc1ccc(CN(c2ncns2)S(=O)(=O)c2ccc3c(c2)OCCC3N2CC[C@@H](C#N)C[C@H]2c2ccc(F)cc2)c(OC)c1. The lowest BCUT2D eigenvalue weighted by Crippen LogP contribution is -2.41. The van der Waals surface area contributed by atoms with Crippen molar-refractivity contribution in [2.75, 3.05) is 31.7 Å². The van der Waals surface area contributed by atoms with Crippen molar-refractivity contribution in [3.8, 4) is 23.3 Å². The maximum atomic E-state index is 14.2. The molecule has 1 fully saturated rings. The monoisotopic (exact) mass is 649 g/mol. The number of piperidine rings is 1. The minimum atomic E-state index is -4.12. The average molecular weight is 650 g/mol. The van der Waals surface area contributed by atoms with Gasteiger partial charge >= 0.3 is 0 Å². The third-order valence-corrected chi connectivity index (χ3v) is 11.0. The number of hydrogen-bond acceptors (Lipinski definition) is 10. The second-order valence-corrected chi connectivity index (χ2v) is 13.5. The van der Waals surface area contributed by atoms with E-state index in [9.17, 15) is 18.1 Å². The number of benzene rings is 3. The van der Waals surface area contributed by atoms with Gasteiger partial charge in [0.2, 0.25) is 5.13 Å². The second-order valence-electron chi connectivity index (χ2n) is 10.9. The van der Waals surface area contributed by atoms with Crippen molar-refractivity contribution in [3.63, 3.8) is 0 Å². The molecule has 13 heteroatoms. The molecule has 0 bridgehead atoms. The first-order valence-electron chi connectivity index (χ1n) is 14.5. The van der Waals surface area contributed by atoms with E-state index in [1.54, 1.807) is 49.6 Å². The minimum absolute atomic E-state index is 0.0432. The predicted octanol–water partition coefficient (Wildman–Crippen LogP) is 5.89. The zero-order valence-electron chi connectivity index (χ0n) is 24.8. The Morgan fingerprint density at radius 1 is 1.09 bits per heavy atom. The molecule has 4 aromatic rings. The number of nitrogens with zero attached hydrogens (tertiary/aromatic N) is 5. The van der Waals surface area contributed by atoms with Crippen LogP contribution in [0, 0.1) is 23.1 Å². The van der Waals surface area contributed by atoms with Crippen LogP contribution in [0.25, 0.3) is 0 Å². The van der Waals surface area contributed by atoms with E-state index in [-0.39, 0.29) is 40.4 Å². The van der Waals surface area contributed by atoms with E-state index >= 15 is 0 Å². The van der Waals surface area contributed by atoms with Crippen molar-refractivity contribution in [3.05, 3.63) is 89.5 Å². The number of rotatable bonds is 9. The topological polar surface area (TPSA) is 118 Å². The van der Waals surface area contributed by atoms with Crippen LogP contribution in [0.5, 0.6) is 17.2 Å². The normalized spacial score (nSPS) is 20.0. The van der Waals surface area contributed by atoms with Gasteiger partial charge < -0.3 is 14.2 Å². The molecular weight excluding hydrogens is 618 g/mol. The van der Waals surface area contributed by atoms with Crippen LogP contribution in [0.15, 0.2) is 71.9 Å². The summed E-state index contributed by atoms with van der Waals surface area (Å²) in [5, 5.41) is 9.91. The van der Waals surface area contributed by atoms with Crippen molar-refractivity contribution in [1.29, 1.82) is 5.26 Å². The highest BCUT2D eigenvalue weighted by molar-refractivity contribution is 7.93. The number of anilines is 1. The van der Waals surface area contributed by atoms with Crippen LogP contribution in [0.4, 0.5) is 9.52 Å². The van der Waals surface area contributed by atoms with Crippen LogP contribution in [-0.2, 0) is 16.6 Å². The van der Waals surface area contributed by atoms with Crippen LogP contribution in [0.2, 0.25) is 0 Å². The van der Waals surface area contributed by atoms with Crippen molar-refractivity contribution >= 4 is 26.7 Å². The maximum absolute atomic E-state index is 14.2. The highest BCUT2D eigenvalue weighted by Crippen LogP contribution is 2.45. The Kier molecular flexibility index (Phi) is 8.89. The van der Waals surface area contributed by atoms with E-state index in [1.165, 1.54) is 29.9 Å². The summed E-state index contributed by atoms with van der Waals surface area (Å²) in [6, 6.07) is 18.9. The standard InChI is InChI=1S/C32H32FN5O5S2/c1-41-25-8-5-23(30(16-25)42-2)19-38(32-35-20-36-44-32)45(39,40)26-9-10-27-28(12-14-43-31(27)17-26)37-13-11-21(18-34)15-29(37)22-3-6-24(33)7-4-22/h3-10,16-17,20-21,28-29H,11-15,19H2,1-2H3/t21-,28?,29+/m1/s1. The van der Waals surface area contributed by atoms with E-state index in [4.69, 9.17) is 14.2 Å². The highest BCUT2D eigenvalue weighted by atomic mass is 32.2. The van der Waals surface area contributed by atoms with Gasteiger partial charge in [-0.15, -0.1) is 0 Å². The molecule has 1 aromatic heterocycles. The van der Waals surface area contributed by atoms with Gasteiger partial charge in [0.1, 0.15) is 29.4 Å². The van der Waals surface area contributed by atoms with Crippen molar-refractivity contribution in [1.82, 2.24) is 14.3 Å². The number of nitriles is 1. The van der Waals surface area contributed by atoms with Crippen molar-refractivity contribution < 1.29 is 27.0 Å². The quantitative estimate of drug-likeness (QED) is 0.219. The molecule has 45 heavy (non-hydrogen) atoms. The fraction of sp³-hybridized carbons (Fsp3) is 0.344. The van der Waals surface area contributed by atoms with Gasteiger partial charge in [0.05, 0.1) is 38.3 Å². The molecule has 10 nitrogen and oxygen atoms in total. The first-order chi connectivity index (χ1) is 21.8. The van der Waals surface area contributed by atoms with Crippen LogP contribution < -0.4 is 18.5 Å². The Morgan fingerprint density at radius 2 is 1.91 bits per heavy atom. The molecule has 0 aliphatic carbocycles.